The summed E-state index contributed by atoms with van der Waals surface area (Å²) in [6, 6.07) is 11.6. The van der Waals surface area contributed by atoms with Gasteiger partial charge in [-0.2, -0.15) is 0 Å². The summed E-state index contributed by atoms with van der Waals surface area (Å²) in [4.78, 5) is 14.9. The van der Waals surface area contributed by atoms with E-state index < -0.39 is 17.9 Å². The summed E-state index contributed by atoms with van der Waals surface area (Å²) in [5, 5.41) is 8.78. The first-order chi connectivity index (χ1) is 14.8. The van der Waals surface area contributed by atoms with Crippen LogP contribution in [0.3, 0.4) is 0 Å². The van der Waals surface area contributed by atoms with E-state index in [1.165, 1.54) is 0 Å². The molecule has 1 N–H and O–H groups in total. The SMILES string of the molecule is CC(C)(Oc1ccc(Br)cc1)[C@H]1OC[C@@H](C/C=C\CCC(=O)O)[C@@H](c2cccnc2)O1. The molecule has 31 heavy (non-hydrogen) atoms. The first-order valence-electron chi connectivity index (χ1n) is 10.3. The summed E-state index contributed by atoms with van der Waals surface area (Å²) in [6.45, 7) is 4.40. The molecule has 0 amide bonds. The number of nitrogens with zero attached hydrogens (tertiary/aromatic N) is 1. The normalized spacial score (nSPS) is 21.8. The Hall–Kier alpha value is -2.22. The molecule has 0 aliphatic carbocycles. The van der Waals surface area contributed by atoms with Crippen molar-refractivity contribution in [3.8, 4) is 5.75 Å². The maximum absolute atomic E-state index is 10.7. The van der Waals surface area contributed by atoms with Gasteiger partial charge < -0.3 is 19.3 Å². The van der Waals surface area contributed by atoms with Crippen molar-refractivity contribution in [3.63, 3.8) is 0 Å². The first kappa shape index (κ1) is 23.4. The number of pyridine rings is 1. The molecule has 1 fully saturated rings. The van der Waals surface area contributed by atoms with E-state index >= 15 is 0 Å². The minimum atomic E-state index is -0.793. The molecule has 1 aliphatic rings. The lowest BCUT2D eigenvalue weighted by molar-refractivity contribution is -0.288. The molecule has 3 atom stereocenters. The van der Waals surface area contributed by atoms with E-state index in [1.807, 2.05) is 68.6 Å². The minimum absolute atomic E-state index is 0.0880. The molecular weight excluding hydrogens is 462 g/mol. The van der Waals surface area contributed by atoms with Crippen LogP contribution >= 0.6 is 15.9 Å². The van der Waals surface area contributed by atoms with Crippen LogP contribution in [0.4, 0.5) is 0 Å². The number of carboxylic acids is 1. The molecule has 0 unspecified atom stereocenters. The Morgan fingerprint density at radius 2 is 2.06 bits per heavy atom. The number of benzene rings is 1. The number of halogens is 1. The zero-order chi connectivity index (χ0) is 22.3. The van der Waals surface area contributed by atoms with E-state index in [-0.39, 0.29) is 18.4 Å². The zero-order valence-corrected chi connectivity index (χ0v) is 19.3. The summed E-state index contributed by atoms with van der Waals surface area (Å²) >= 11 is 3.43. The van der Waals surface area contributed by atoms with E-state index in [0.29, 0.717) is 13.0 Å². The standard InChI is InChI=1S/C24H28BrNO5/c1-24(2,31-20-12-10-19(25)11-13-20)23-29-16-18(7-4-3-5-9-21(27)28)22(30-23)17-8-6-14-26-15-17/h3-4,6,8,10-15,18,22-23H,5,7,9,16H2,1-2H3,(H,27,28)/b4-3-/t18-,22-,23+/m1/s1. The average molecular weight is 490 g/mol. The number of aliphatic carboxylic acids is 1. The fourth-order valence-electron chi connectivity index (χ4n) is 3.48. The maximum Gasteiger partial charge on any atom is 0.303 e. The molecule has 0 spiro atoms. The first-order valence-corrected chi connectivity index (χ1v) is 11.1. The van der Waals surface area contributed by atoms with Gasteiger partial charge in [-0.25, -0.2) is 0 Å². The van der Waals surface area contributed by atoms with Gasteiger partial charge in [0.25, 0.3) is 0 Å². The van der Waals surface area contributed by atoms with Crippen LogP contribution in [0, 0.1) is 5.92 Å². The number of hydrogen-bond acceptors (Lipinski definition) is 5. The number of rotatable bonds is 9. The van der Waals surface area contributed by atoms with E-state index in [2.05, 4.69) is 20.9 Å². The third-order valence-corrected chi connectivity index (χ3v) is 5.59. The molecule has 0 radical (unpaired) electrons. The summed E-state index contributed by atoms with van der Waals surface area (Å²) in [7, 11) is 0. The number of aromatic nitrogens is 1. The van der Waals surface area contributed by atoms with Crippen LogP contribution in [0.5, 0.6) is 5.75 Å². The highest BCUT2D eigenvalue weighted by Crippen LogP contribution is 2.38. The molecule has 1 aliphatic heterocycles. The number of carbonyl (C=O) groups is 1. The van der Waals surface area contributed by atoms with Crippen LogP contribution in [0.25, 0.3) is 0 Å². The highest BCUT2D eigenvalue weighted by Gasteiger charge is 2.42. The minimum Gasteiger partial charge on any atom is -0.483 e. The zero-order valence-electron chi connectivity index (χ0n) is 17.7. The van der Waals surface area contributed by atoms with Crippen molar-refractivity contribution in [1.82, 2.24) is 4.98 Å². The van der Waals surface area contributed by atoms with Gasteiger partial charge in [-0.15, -0.1) is 0 Å². The van der Waals surface area contributed by atoms with Crippen LogP contribution in [-0.4, -0.2) is 34.6 Å². The third-order valence-electron chi connectivity index (χ3n) is 5.07. The second-order valence-electron chi connectivity index (χ2n) is 8.07. The Morgan fingerprint density at radius 1 is 1.29 bits per heavy atom. The van der Waals surface area contributed by atoms with Gasteiger partial charge in [-0.1, -0.05) is 34.1 Å². The van der Waals surface area contributed by atoms with Crippen LogP contribution in [0.15, 0.2) is 65.4 Å². The van der Waals surface area contributed by atoms with Crippen molar-refractivity contribution in [2.24, 2.45) is 5.92 Å². The van der Waals surface area contributed by atoms with Gasteiger partial charge in [-0.3, -0.25) is 9.78 Å². The number of allylic oxidation sites excluding steroid dienone is 2. The fourth-order valence-corrected chi connectivity index (χ4v) is 3.75. The van der Waals surface area contributed by atoms with Crippen LogP contribution in [0.2, 0.25) is 0 Å². The Morgan fingerprint density at radius 3 is 2.74 bits per heavy atom. The maximum atomic E-state index is 10.7. The number of hydrogen-bond donors (Lipinski definition) is 1. The summed E-state index contributed by atoms with van der Waals surface area (Å²) < 4.78 is 19.7. The second-order valence-corrected chi connectivity index (χ2v) is 8.98. The predicted molar refractivity (Wildman–Crippen MR) is 121 cm³/mol. The van der Waals surface area contributed by atoms with Crippen molar-refractivity contribution in [2.45, 2.75) is 51.1 Å². The molecule has 1 aromatic carbocycles. The van der Waals surface area contributed by atoms with Gasteiger partial charge in [0.15, 0.2) is 11.9 Å². The summed E-state index contributed by atoms with van der Waals surface area (Å²) in [5.74, 6) is 0.0323. The van der Waals surface area contributed by atoms with E-state index in [0.717, 1.165) is 22.2 Å². The van der Waals surface area contributed by atoms with Crippen LogP contribution < -0.4 is 4.74 Å². The van der Waals surface area contributed by atoms with Crippen molar-refractivity contribution in [1.29, 1.82) is 0 Å². The molecule has 2 aromatic rings. The van der Waals surface area contributed by atoms with Crippen LogP contribution in [-0.2, 0) is 14.3 Å². The Labute approximate surface area is 191 Å². The van der Waals surface area contributed by atoms with Crippen molar-refractivity contribution >= 4 is 21.9 Å². The van der Waals surface area contributed by atoms with Gasteiger partial charge in [0.1, 0.15) is 5.75 Å². The lowest BCUT2D eigenvalue weighted by Gasteiger charge is -2.42. The lowest BCUT2D eigenvalue weighted by Crippen LogP contribution is -2.50. The highest BCUT2D eigenvalue weighted by atomic mass is 79.9. The number of carboxylic acid groups (broad SMARTS) is 1. The van der Waals surface area contributed by atoms with E-state index in [4.69, 9.17) is 19.3 Å². The second kappa shape index (κ2) is 10.9. The van der Waals surface area contributed by atoms with Gasteiger partial charge in [-0.05, 0) is 62.6 Å². The smallest absolute Gasteiger partial charge is 0.303 e. The van der Waals surface area contributed by atoms with Gasteiger partial charge in [0.05, 0.1) is 12.7 Å². The molecule has 7 heteroatoms. The molecule has 6 nitrogen and oxygen atoms in total. The number of ether oxygens (including phenoxy) is 3. The molecule has 0 bridgehead atoms. The summed E-state index contributed by atoms with van der Waals surface area (Å²) in [6.07, 6.45) is 8.06. The quantitative estimate of drug-likeness (QED) is 0.465. The van der Waals surface area contributed by atoms with Crippen molar-refractivity contribution in [3.05, 3.63) is 71.0 Å². The Bertz CT molecular complexity index is 869. The lowest BCUT2D eigenvalue weighted by atomic mass is 9.92. The molecular formula is C24H28BrNO5. The molecule has 2 heterocycles. The van der Waals surface area contributed by atoms with Crippen LogP contribution in [0.1, 0.15) is 44.8 Å². The Kier molecular flexibility index (Phi) is 8.23. The molecule has 1 aromatic heterocycles. The molecule has 1 saturated heterocycles. The topological polar surface area (TPSA) is 77.9 Å². The molecule has 166 valence electrons. The Balaban J connectivity index is 1.70. The van der Waals surface area contributed by atoms with Gasteiger partial charge in [0.2, 0.25) is 0 Å². The van der Waals surface area contributed by atoms with E-state index in [9.17, 15) is 4.79 Å². The largest absolute Gasteiger partial charge is 0.483 e. The molecule has 0 saturated carbocycles. The van der Waals surface area contributed by atoms with Crippen molar-refractivity contribution in [2.75, 3.05) is 6.61 Å². The van der Waals surface area contributed by atoms with Crippen molar-refractivity contribution < 1.29 is 24.1 Å². The monoisotopic (exact) mass is 489 g/mol. The van der Waals surface area contributed by atoms with E-state index in [1.54, 1.807) is 6.20 Å². The third kappa shape index (κ3) is 6.89. The van der Waals surface area contributed by atoms with Gasteiger partial charge >= 0.3 is 5.97 Å². The average Bonchev–Trinajstić information content (AvgIpc) is 2.75. The summed E-state index contributed by atoms with van der Waals surface area (Å²) in [5.41, 5.74) is 0.274. The van der Waals surface area contributed by atoms with Gasteiger partial charge in [0, 0.05) is 29.2 Å². The fraction of sp³-hybridized carbons (Fsp3) is 0.417. The predicted octanol–water partition coefficient (Wildman–Crippen LogP) is 5.54. The molecule has 3 rings (SSSR count). The highest BCUT2D eigenvalue weighted by molar-refractivity contribution is 9.10.